The van der Waals surface area contributed by atoms with Gasteiger partial charge in [-0.05, 0) is 36.4 Å². The molecule has 0 heterocycles. The molecule has 23 heavy (non-hydrogen) atoms. The molecule has 3 N–H and O–H groups in total. The van der Waals surface area contributed by atoms with E-state index in [2.05, 4.69) is 4.72 Å². The predicted molar refractivity (Wildman–Crippen MR) is 87.3 cm³/mol. The monoisotopic (exact) mass is 335 g/mol. The number of amides is 1. The molecule has 0 aromatic heterocycles. The standard InChI is InChI=1S/C15H17N3O4S/c1-18(2)13-5-3-4-6-14(13)23(21,22)17-12-9-7-11(8-10-12)15(19)16-20/h3-10,17,20H,1-2H3,(H,16,19). The van der Waals surface area contributed by atoms with Gasteiger partial charge in [-0.2, -0.15) is 0 Å². The van der Waals surface area contributed by atoms with E-state index in [9.17, 15) is 13.2 Å². The second-order valence-electron chi connectivity index (χ2n) is 4.99. The molecule has 0 saturated heterocycles. The number of carbonyl (C=O) groups excluding carboxylic acids is 1. The minimum Gasteiger partial charge on any atom is -0.377 e. The molecule has 1 amide bonds. The van der Waals surface area contributed by atoms with E-state index in [-0.39, 0.29) is 10.5 Å². The van der Waals surface area contributed by atoms with Gasteiger partial charge in [0.1, 0.15) is 4.90 Å². The van der Waals surface area contributed by atoms with Crippen LogP contribution in [0.2, 0.25) is 0 Å². The number of rotatable bonds is 5. The number of carbonyl (C=O) groups is 1. The number of hydroxylamine groups is 1. The molecular weight excluding hydrogens is 318 g/mol. The third-order valence-electron chi connectivity index (χ3n) is 3.14. The van der Waals surface area contributed by atoms with Crippen molar-refractivity contribution in [1.29, 1.82) is 0 Å². The first-order chi connectivity index (χ1) is 10.8. The van der Waals surface area contributed by atoms with Crippen molar-refractivity contribution in [3.05, 3.63) is 54.1 Å². The number of nitrogens with one attached hydrogen (secondary N) is 2. The van der Waals surface area contributed by atoms with Crippen LogP contribution in [0, 0.1) is 0 Å². The van der Waals surface area contributed by atoms with Gasteiger partial charge in [0, 0.05) is 25.3 Å². The van der Waals surface area contributed by atoms with Crippen molar-refractivity contribution in [2.24, 2.45) is 0 Å². The quantitative estimate of drug-likeness (QED) is 0.570. The lowest BCUT2D eigenvalue weighted by Gasteiger charge is -2.18. The summed E-state index contributed by atoms with van der Waals surface area (Å²) in [5.41, 5.74) is 2.60. The van der Waals surface area contributed by atoms with E-state index >= 15 is 0 Å². The van der Waals surface area contributed by atoms with Crippen molar-refractivity contribution in [2.75, 3.05) is 23.7 Å². The van der Waals surface area contributed by atoms with Crippen molar-refractivity contribution in [3.63, 3.8) is 0 Å². The van der Waals surface area contributed by atoms with E-state index in [1.165, 1.54) is 35.8 Å². The Morgan fingerprint density at radius 2 is 1.65 bits per heavy atom. The first kappa shape index (κ1) is 16.8. The van der Waals surface area contributed by atoms with E-state index in [1.54, 1.807) is 37.2 Å². The van der Waals surface area contributed by atoms with Crippen molar-refractivity contribution in [1.82, 2.24) is 5.48 Å². The summed E-state index contributed by atoms with van der Waals surface area (Å²) in [7, 11) is -0.248. The number of anilines is 2. The Labute approximate surface area is 134 Å². The molecule has 0 radical (unpaired) electrons. The molecular formula is C15H17N3O4S. The largest absolute Gasteiger partial charge is 0.377 e. The molecule has 122 valence electrons. The number of nitrogens with zero attached hydrogens (tertiary/aromatic N) is 1. The second kappa shape index (κ2) is 6.67. The van der Waals surface area contributed by atoms with Gasteiger partial charge in [0.25, 0.3) is 15.9 Å². The predicted octanol–water partition coefficient (Wildman–Crippen LogP) is 1.67. The number of para-hydroxylation sites is 1. The lowest BCUT2D eigenvalue weighted by atomic mass is 10.2. The van der Waals surface area contributed by atoms with Gasteiger partial charge in [0.2, 0.25) is 0 Å². The van der Waals surface area contributed by atoms with Crippen LogP contribution in [-0.2, 0) is 10.0 Å². The maximum Gasteiger partial charge on any atom is 0.274 e. The van der Waals surface area contributed by atoms with Crippen molar-refractivity contribution >= 4 is 27.3 Å². The van der Waals surface area contributed by atoms with E-state index < -0.39 is 15.9 Å². The van der Waals surface area contributed by atoms with Crippen molar-refractivity contribution in [2.45, 2.75) is 4.90 Å². The van der Waals surface area contributed by atoms with Gasteiger partial charge in [-0.3, -0.25) is 14.7 Å². The Bertz CT molecular complexity index is 802. The van der Waals surface area contributed by atoms with Crippen LogP contribution >= 0.6 is 0 Å². The number of benzene rings is 2. The molecule has 0 spiro atoms. The summed E-state index contributed by atoms with van der Waals surface area (Å²) in [6.07, 6.45) is 0. The smallest absolute Gasteiger partial charge is 0.274 e. The highest BCUT2D eigenvalue weighted by molar-refractivity contribution is 7.92. The summed E-state index contributed by atoms with van der Waals surface area (Å²) in [6.45, 7) is 0. The zero-order valence-electron chi connectivity index (χ0n) is 12.6. The Hall–Kier alpha value is -2.58. The number of sulfonamides is 1. The highest BCUT2D eigenvalue weighted by Crippen LogP contribution is 2.25. The van der Waals surface area contributed by atoms with Gasteiger partial charge in [0.15, 0.2) is 0 Å². The minimum atomic E-state index is -3.77. The Kier molecular flexibility index (Phi) is 4.87. The number of hydrogen-bond donors (Lipinski definition) is 3. The third-order valence-corrected chi connectivity index (χ3v) is 4.57. The molecule has 0 atom stereocenters. The molecule has 0 saturated carbocycles. The fourth-order valence-corrected chi connectivity index (χ4v) is 3.36. The first-order valence-corrected chi connectivity index (χ1v) is 8.17. The van der Waals surface area contributed by atoms with Crippen LogP contribution in [0.4, 0.5) is 11.4 Å². The van der Waals surface area contributed by atoms with E-state index in [1.807, 2.05) is 0 Å². The highest BCUT2D eigenvalue weighted by Gasteiger charge is 2.19. The maximum atomic E-state index is 12.5. The van der Waals surface area contributed by atoms with Gasteiger partial charge < -0.3 is 4.90 Å². The zero-order chi connectivity index (χ0) is 17.0. The van der Waals surface area contributed by atoms with Crippen LogP contribution in [0.3, 0.4) is 0 Å². The topological polar surface area (TPSA) is 98.7 Å². The average Bonchev–Trinajstić information content (AvgIpc) is 2.54. The van der Waals surface area contributed by atoms with Crippen LogP contribution in [0.5, 0.6) is 0 Å². The molecule has 2 aromatic rings. The second-order valence-corrected chi connectivity index (χ2v) is 6.64. The fourth-order valence-electron chi connectivity index (χ4n) is 2.02. The van der Waals surface area contributed by atoms with Gasteiger partial charge >= 0.3 is 0 Å². The Morgan fingerprint density at radius 3 is 2.22 bits per heavy atom. The summed E-state index contributed by atoms with van der Waals surface area (Å²) < 4.78 is 27.6. The van der Waals surface area contributed by atoms with E-state index in [0.717, 1.165) is 0 Å². The maximum absolute atomic E-state index is 12.5. The van der Waals surface area contributed by atoms with Crippen molar-refractivity contribution < 1.29 is 18.4 Å². The molecule has 7 nitrogen and oxygen atoms in total. The molecule has 0 bridgehead atoms. The average molecular weight is 335 g/mol. The number of hydrogen-bond acceptors (Lipinski definition) is 5. The molecule has 0 unspecified atom stereocenters. The molecule has 8 heteroatoms. The van der Waals surface area contributed by atoms with Crippen LogP contribution < -0.4 is 15.1 Å². The normalized spacial score (nSPS) is 10.9. The summed E-state index contributed by atoms with van der Waals surface area (Å²) in [5, 5.41) is 8.56. The van der Waals surface area contributed by atoms with E-state index in [0.29, 0.717) is 11.4 Å². The molecule has 2 rings (SSSR count). The molecule has 0 aliphatic heterocycles. The SMILES string of the molecule is CN(C)c1ccccc1S(=O)(=O)Nc1ccc(C(=O)NO)cc1. The lowest BCUT2D eigenvalue weighted by molar-refractivity contribution is 0.0706. The van der Waals surface area contributed by atoms with Gasteiger partial charge in [-0.1, -0.05) is 12.1 Å². The summed E-state index contributed by atoms with van der Waals surface area (Å²) >= 11 is 0. The van der Waals surface area contributed by atoms with Crippen molar-refractivity contribution in [3.8, 4) is 0 Å². The Balaban J connectivity index is 2.30. The first-order valence-electron chi connectivity index (χ1n) is 6.69. The van der Waals surface area contributed by atoms with Gasteiger partial charge in [-0.15, -0.1) is 0 Å². The van der Waals surface area contributed by atoms with Gasteiger partial charge in [-0.25, -0.2) is 13.9 Å². The molecule has 2 aromatic carbocycles. The lowest BCUT2D eigenvalue weighted by Crippen LogP contribution is -2.19. The highest BCUT2D eigenvalue weighted by atomic mass is 32.2. The van der Waals surface area contributed by atoms with Crippen LogP contribution in [-0.4, -0.2) is 33.6 Å². The fraction of sp³-hybridized carbons (Fsp3) is 0.133. The van der Waals surface area contributed by atoms with Crippen LogP contribution in [0.25, 0.3) is 0 Å². The molecule has 0 aliphatic rings. The molecule has 0 fully saturated rings. The van der Waals surface area contributed by atoms with Crippen LogP contribution in [0.1, 0.15) is 10.4 Å². The summed E-state index contributed by atoms with van der Waals surface area (Å²) in [4.78, 5) is 13.1. The van der Waals surface area contributed by atoms with Crippen LogP contribution in [0.15, 0.2) is 53.4 Å². The van der Waals surface area contributed by atoms with Gasteiger partial charge in [0.05, 0.1) is 5.69 Å². The molecule has 0 aliphatic carbocycles. The third kappa shape index (κ3) is 3.79. The van der Waals surface area contributed by atoms with E-state index in [4.69, 9.17) is 5.21 Å². The zero-order valence-corrected chi connectivity index (χ0v) is 13.5. The minimum absolute atomic E-state index is 0.155. The summed E-state index contributed by atoms with van der Waals surface area (Å²) in [6, 6.07) is 12.3. The summed E-state index contributed by atoms with van der Waals surface area (Å²) in [5.74, 6) is -0.669. The Morgan fingerprint density at radius 1 is 1.04 bits per heavy atom.